The number of ether oxygens (including phenoxy) is 2. The van der Waals surface area contributed by atoms with E-state index in [1.807, 2.05) is 19.1 Å². The molecular formula is C17H25NO2. The first-order valence-corrected chi connectivity index (χ1v) is 7.87. The molecule has 20 heavy (non-hydrogen) atoms. The second-order valence-corrected chi connectivity index (χ2v) is 6.11. The van der Waals surface area contributed by atoms with E-state index in [1.54, 1.807) is 0 Å². The van der Waals surface area contributed by atoms with Gasteiger partial charge < -0.3 is 14.8 Å². The van der Waals surface area contributed by atoms with Gasteiger partial charge >= 0.3 is 0 Å². The van der Waals surface area contributed by atoms with Crippen LogP contribution in [0.5, 0.6) is 5.75 Å². The largest absolute Gasteiger partial charge is 0.493 e. The number of hydrogen-bond donors (Lipinski definition) is 1. The number of nitrogens with one attached hydrogen (secondary N) is 1. The molecule has 1 unspecified atom stereocenters. The fourth-order valence-corrected chi connectivity index (χ4v) is 3.54. The summed E-state index contributed by atoms with van der Waals surface area (Å²) < 4.78 is 12.0. The average Bonchev–Trinajstić information content (AvgIpc) is 2.82. The normalized spacial score (nSPS) is 25.6. The van der Waals surface area contributed by atoms with E-state index in [-0.39, 0.29) is 6.10 Å². The third kappa shape index (κ3) is 2.84. The van der Waals surface area contributed by atoms with Crippen LogP contribution >= 0.6 is 0 Å². The highest BCUT2D eigenvalue weighted by Gasteiger charge is 2.37. The molecule has 1 aromatic carbocycles. The molecule has 3 rings (SSSR count). The van der Waals surface area contributed by atoms with E-state index < -0.39 is 0 Å². The van der Waals surface area contributed by atoms with Gasteiger partial charge in [0, 0.05) is 24.1 Å². The highest BCUT2D eigenvalue weighted by molar-refractivity contribution is 5.35. The van der Waals surface area contributed by atoms with E-state index in [4.69, 9.17) is 9.47 Å². The lowest BCUT2D eigenvalue weighted by Gasteiger charge is -2.26. The van der Waals surface area contributed by atoms with E-state index in [0.717, 1.165) is 25.4 Å². The van der Waals surface area contributed by atoms with E-state index in [0.29, 0.717) is 12.0 Å². The molecule has 3 nitrogen and oxygen atoms in total. The Balaban J connectivity index is 1.74. The van der Waals surface area contributed by atoms with E-state index in [2.05, 4.69) is 17.4 Å². The van der Waals surface area contributed by atoms with Crippen molar-refractivity contribution in [2.75, 3.05) is 26.3 Å². The molecule has 1 N–H and O–H groups in total. The van der Waals surface area contributed by atoms with Gasteiger partial charge in [0.25, 0.3) is 0 Å². The number of benzene rings is 1. The topological polar surface area (TPSA) is 30.5 Å². The first-order valence-electron chi connectivity index (χ1n) is 7.87. The van der Waals surface area contributed by atoms with Crippen molar-refractivity contribution in [3.8, 4) is 5.75 Å². The third-order valence-corrected chi connectivity index (χ3v) is 4.65. The van der Waals surface area contributed by atoms with Crippen molar-refractivity contribution in [1.82, 2.24) is 5.32 Å². The Hall–Kier alpha value is -1.06. The monoisotopic (exact) mass is 275 g/mol. The predicted octanol–water partition coefficient (Wildman–Crippen LogP) is 3.31. The smallest absolute Gasteiger partial charge is 0.125 e. The van der Waals surface area contributed by atoms with Crippen LogP contribution in [-0.2, 0) is 4.74 Å². The lowest BCUT2D eigenvalue weighted by molar-refractivity contribution is 0.0145. The van der Waals surface area contributed by atoms with Crippen LogP contribution < -0.4 is 10.1 Å². The maximum absolute atomic E-state index is 6.27. The van der Waals surface area contributed by atoms with E-state index >= 15 is 0 Å². The van der Waals surface area contributed by atoms with Crippen LogP contribution in [0.4, 0.5) is 0 Å². The van der Waals surface area contributed by atoms with Crippen molar-refractivity contribution >= 4 is 0 Å². The molecule has 1 spiro atoms. The van der Waals surface area contributed by atoms with E-state index in [1.165, 1.54) is 31.2 Å². The van der Waals surface area contributed by atoms with Crippen LogP contribution in [-0.4, -0.2) is 26.3 Å². The minimum atomic E-state index is 0.109. The van der Waals surface area contributed by atoms with Gasteiger partial charge in [0.1, 0.15) is 5.75 Å². The quantitative estimate of drug-likeness (QED) is 0.918. The van der Waals surface area contributed by atoms with Gasteiger partial charge in [-0.1, -0.05) is 31.0 Å². The Labute approximate surface area is 121 Å². The summed E-state index contributed by atoms with van der Waals surface area (Å²) >= 11 is 0. The van der Waals surface area contributed by atoms with Gasteiger partial charge in [-0.05, 0) is 25.8 Å². The summed E-state index contributed by atoms with van der Waals surface area (Å²) in [5, 5.41) is 3.62. The van der Waals surface area contributed by atoms with Crippen LogP contribution in [0.1, 0.15) is 44.3 Å². The summed E-state index contributed by atoms with van der Waals surface area (Å²) in [5.74, 6) is 0.962. The Morgan fingerprint density at radius 3 is 2.90 bits per heavy atom. The van der Waals surface area contributed by atoms with Crippen LogP contribution in [0, 0.1) is 5.41 Å². The SMILES string of the molecule is CCOc1ccccc1C1CNCC2(CCCC2)CO1. The van der Waals surface area contributed by atoms with Crippen molar-refractivity contribution in [2.45, 2.75) is 38.7 Å². The standard InChI is InChI=1S/C17H25NO2/c1-2-19-15-8-4-3-7-14(15)16-11-18-12-17(13-20-16)9-5-6-10-17/h3-4,7-8,16,18H,2,5-6,9-13H2,1H3. The van der Waals surface area contributed by atoms with Crippen molar-refractivity contribution < 1.29 is 9.47 Å². The molecule has 0 bridgehead atoms. The lowest BCUT2D eigenvalue weighted by Crippen LogP contribution is -2.32. The Bertz CT molecular complexity index is 440. The Morgan fingerprint density at radius 2 is 2.10 bits per heavy atom. The molecule has 1 saturated carbocycles. The van der Waals surface area contributed by atoms with Crippen molar-refractivity contribution in [3.63, 3.8) is 0 Å². The molecule has 110 valence electrons. The molecule has 0 radical (unpaired) electrons. The minimum absolute atomic E-state index is 0.109. The summed E-state index contributed by atoms with van der Waals surface area (Å²) in [6, 6.07) is 8.26. The van der Waals surface area contributed by atoms with E-state index in [9.17, 15) is 0 Å². The zero-order valence-corrected chi connectivity index (χ0v) is 12.4. The summed E-state index contributed by atoms with van der Waals surface area (Å²) in [5.41, 5.74) is 1.56. The van der Waals surface area contributed by atoms with Gasteiger partial charge in [0.15, 0.2) is 0 Å². The molecule has 1 saturated heterocycles. The molecule has 1 aromatic rings. The first-order chi connectivity index (χ1) is 9.83. The van der Waals surface area contributed by atoms with Crippen LogP contribution in [0.3, 0.4) is 0 Å². The highest BCUT2D eigenvalue weighted by atomic mass is 16.5. The van der Waals surface area contributed by atoms with Gasteiger partial charge in [0.05, 0.1) is 19.3 Å². The summed E-state index contributed by atoms with van der Waals surface area (Å²) in [4.78, 5) is 0. The molecule has 3 heteroatoms. The van der Waals surface area contributed by atoms with Crippen LogP contribution in [0.25, 0.3) is 0 Å². The fraction of sp³-hybridized carbons (Fsp3) is 0.647. The molecule has 1 heterocycles. The maximum Gasteiger partial charge on any atom is 0.125 e. The molecular weight excluding hydrogens is 250 g/mol. The highest BCUT2D eigenvalue weighted by Crippen LogP contribution is 2.41. The van der Waals surface area contributed by atoms with Crippen LogP contribution in [0.15, 0.2) is 24.3 Å². The van der Waals surface area contributed by atoms with Gasteiger partial charge in [-0.2, -0.15) is 0 Å². The van der Waals surface area contributed by atoms with Gasteiger partial charge in [-0.3, -0.25) is 0 Å². The van der Waals surface area contributed by atoms with Gasteiger partial charge in [-0.25, -0.2) is 0 Å². The summed E-state index contributed by atoms with van der Waals surface area (Å²) in [7, 11) is 0. The number of para-hydroxylation sites is 1. The van der Waals surface area contributed by atoms with Crippen LogP contribution in [0.2, 0.25) is 0 Å². The van der Waals surface area contributed by atoms with Crippen molar-refractivity contribution in [2.24, 2.45) is 5.41 Å². The predicted molar refractivity (Wildman–Crippen MR) is 80.1 cm³/mol. The lowest BCUT2D eigenvalue weighted by atomic mass is 9.87. The second-order valence-electron chi connectivity index (χ2n) is 6.11. The molecule has 2 aliphatic rings. The zero-order valence-electron chi connectivity index (χ0n) is 12.4. The Kier molecular flexibility index (Phi) is 4.27. The van der Waals surface area contributed by atoms with Gasteiger partial charge in [0.2, 0.25) is 0 Å². The molecule has 0 amide bonds. The molecule has 1 aliphatic carbocycles. The minimum Gasteiger partial charge on any atom is -0.493 e. The first kappa shape index (κ1) is 13.9. The Morgan fingerprint density at radius 1 is 1.30 bits per heavy atom. The molecule has 0 aromatic heterocycles. The molecule has 1 atom stereocenters. The van der Waals surface area contributed by atoms with Crippen molar-refractivity contribution in [1.29, 1.82) is 0 Å². The zero-order chi connectivity index (χ0) is 13.8. The summed E-state index contributed by atoms with van der Waals surface area (Å²) in [6.07, 6.45) is 5.42. The second kappa shape index (κ2) is 6.15. The van der Waals surface area contributed by atoms with Crippen molar-refractivity contribution in [3.05, 3.63) is 29.8 Å². The maximum atomic E-state index is 6.27. The molecule has 2 fully saturated rings. The summed E-state index contributed by atoms with van der Waals surface area (Å²) in [6.45, 7) is 5.58. The third-order valence-electron chi connectivity index (χ3n) is 4.65. The fourth-order valence-electron chi connectivity index (χ4n) is 3.54. The number of rotatable bonds is 3. The molecule has 1 aliphatic heterocycles. The number of hydrogen-bond acceptors (Lipinski definition) is 3. The average molecular weight is 275 g/mol. The van der Waals surface area contributed by atoms with Gasteiger partial charge in [-0.15, -0.1) is 0 Å².